The van der Waals surface area contributed by atoms with Crippen molar-refractivity contribution in [1.29, 1.82) is 0 Å². The molecular weight excluding hydrogens is 208 g/mol. The lowest BCUT2D eigenvalue weighted by molar-refractivity contribution is 0.272. The maximum Gasteiger partial charge on any atom is 0.126 e. The summed E-state index contributed by atoms with van der Waals surface area (Å²) >= 11 is 0. The number of hydrogen-bond acceptors (Lipinski definition) is 1. The van der Waals surface area contributed by atoms with Gasteiger partial charge >= 0.3 is 0 Å². The Hall–Kier alpha value is -1.24. The van der Waals surface area contributed by atoms with Gasteiger partial charge in [-0.3, -0.25) is 0 Å². The highest BCUT2D eigenvalue weighted by molar-refractivity contribution is 5.28. The van der Waals surface area contributed by atoms with Gasteiger partial charge in [-0.1, -0.05) is 24.6 Å². The van der Waals surface area contributed by atoms with Gasteiger partial charge in [-0.2, -0.15) is 0 Å². The van der Waals surface area contributed by atoms with Crippen LogP contribution in [0.25, 0.3) is 0 Å². The smallest absolute Gasteiger partial charge is 0.126 e. The molecule has 0 heterocycles. The molecule has 1 aromatic carbocycles. The molecule has 0 aromatic heterocycles. The lowest BCUT2D eigenvalue weighted by Crippen LogP contribution is -2.19. The van der Waals surface area contributed by atoms with E-state index >= 15 is 0 Å². The number of fused-ring (bicyclic) bond motifs is 5. The fourth-order valence-corrected chi connectivity index (χ4v) is 4.28. The molecule has 0 N–H and O–H groups in total. The molecule has 0 spiro atoms. The number of hydrogen-bond donors (Lipinski definition) is 0. The predicted molar refractivity (Wildman–Crippen MR) is 67.6 cm³/mol. The van der Waals surface area contributed by atoms with E-state index in [0.717, 1.165) is 29.4 Å². The first-order valence-electron chi connectivity index (χ1n) is 6.86. The molecule has 2 bridgehead atoms. The zero-order chi connectivity index (χ0) is 11.2. The second-order valence-electron chi connectivity index (χ2n) is 5.75. The summed E-state index contributed by atoms with van der Waals surface area (Å²) in [5.74, 6) is 5.75. The summed E-state index contributed by atoms with van der Waals surface area (Å²) in [5, 5.41) is 0. The summed E-state index contributed by atoms with van der Waals surface area (Å²) < 4.78 is 6.08. The van der Waals surface area contributed by atoms with Gasteiger partial charge in [0.1, 0.15) is 11.5 Å². The van der Waals surface area contributed by atoms with E-state index in [4.69, 9.17) is 4.74 Å². The van der Waals surface area contributed by atoms with Crippen molar-refractivity contribution in [2.24, 2.45) is 23.7 Å². The minimum absolute atomic E-state index is 0.729. The lowest BCUT2D eigenvalue weighted by Gasteiger charge is -2.25. The monoisotopic (exact) mass is 226 g/mol. The number of rotatable bonds is 2. The fourth-order valence-electron chi connectivity index (χ4n) is 4.28. The highest BCUT2D eigenvalue weighted by Gasteiger charge is 2.50. The average Bonchev–Trinajstić information content (AvgIpc) is 3.01. The number of benzene rings is 1. The van der Waals surface area contributed by atoms with Crippen LogP contribution in [0.15, 0.2) is 42.2 Å². The first-order chi connectivity index (χ1) is 8.42. The van der Waals surface area contributed by atoms with Crippen LogP contribution in [0.2, 0.25) is 0 Å². The second-order valence-corrected chi connectivity index (χ2v) is 5.75. The normalized spacial score (nSPS) is 38.0. The van der Waals surface area contributed by atoms with Gasteiger partial charge in [0.15, 0.2) is 0 Å². The van der Waals surface area contributed by atoms with Crippen molar-refractivity contribution < 1.29 is 4.74 Å². The van der Waals surface area contributed by atoms with Crippen LogP contribution >= 0.6 is 0 Å². The second kappa shape index (κ2) is 3.63. The fraction of sp³-hybridized carbons (Fsp3) is 0.500. The largest absolute Gasteiger partial charge is 0.462 e. The molecule has 0 unspecified atom stereocenters. The molecule has 1 heteroatoms. The number of para-hydroxylation sites is 1. The summed E-state index contributed by atoms with van der Waals surface area (Å²) in [6.07, 6.45) is 8.11. The Morgan fingerprint density at radius 3 is 2.71 bits per heavy atom. The van der Waals surface area contributed by atoms with Gasteiger partial charge in [0.25, 0.3) is 0 Å². The quantitative estimate of drug-likeness (QED) is 0.740. The van der Waals surface area contributed by atoms with E-state index in [-0.39, 0.29) is 0 Å². The molecule has 2 saturated carbocycles. The highest BCUT2D eigenvalue weighted by Crippen LogP contribution is 2.58. The molecule has 4 atom stereocenters. The molecule has 88 valence electrons. The topological polar surface area (TPSA) is 9.23 Å². The van der Waals surface area contributed by atoms with Crippen molar-refractivity contribution in [3.63, 3.8) is 0 Å². The zero-order valence-electron chi connectivity index (χ0n) is 10.0. The van der Waals surface area contributed by atoms with Crippen molar-refractivity contribution >= 4 is 0 Å². The third kappa shape index (κ3) is 1.45. The van der Waals surface area contributed by atoms with Crippen molar-refractivity contribution in [2.75, 3.05) is 0 Å². The Balaban J connectivity index is 1.57. The molecule has 0 amide bonds. The molecule has 2 fully saturated rings. The van der Waals surface area contributed by atoms with Gasteiger partial charge in [0.05, 0.1) is 0 Å². The highest BCUT2D eigenvalue weighted by atomic mass is 16.5. The van der Waals surface area contributed by atoms with Crippen LogP contribution in [0.3, 0.4) is 0 Å². The minimum Gasteiger partial charge on any atom is -0.462 e. The van der Waals surface area contributed by atoms with Crippen LogP contribution in [0, 0.1) is 23.7 Å². The number of allylic oxidation sites excluding steroid dienone is 2. The molecule has 17 heavy (non-hydrogen) atoms. The molecule has 3 aliphatic rings. The van der Waals surface area contributed by atoms with E-state index in [1.165, 1.54) is 31.4 Å². The van der Waals surface area contributed by atoms with E-state index in [1.807, 2.05) is 18.2 Å². The van der Waals surface area contributed by atoms with Crippen LogP contribution in [-0.2, 0) is 0 Å². The van der Waals surface area contributed by atoms with Gasteiger partial charge in [-0.25, -0.2) is 0 Å². The first kappa shape index (κ1) is 9.76. The van der Waals surface area contributed by atoms with Crippen LogP contribution < -0.4 is 4.74 Å². The van der Waals surface area contributed by atoms with E-state index in [1.54, 1.807) is 0 Å². The van der Waals surface area contributed by atoms with Gasteiger partial charge in [0, 0.05) is 5.92 Å². The molecule has 0 saturated heterocycles. The first-order valence-corrected chi connectivity index (χ1v) is 6.86. The summed E-state index contributed by atoms with van der Waals surface area (Å²) in [6, 6.07) is 10.2. The average molecular weight is 226 g/mol. The Labute approximate surface area is 102 Å². The van der Waals surface area contributed by atoms with E-state index < -0.39 is 0 Å². The molecule has 3 aliphatic carbocycles. The predicted octanol–water partition coefficient (Wildman–Crippen LogP) is 4.02. The molecule has 0 aliphatic heterocycles. The van der Waals surface area contributed by atoms with Crippen LogP contribution in [0.1, 0.15) is 25.7 Å². The third-order valence-electron chi connectivity index (χ3n) is 4.94. The summed E-state index contributed by atoms with van der Waals surface area (Å²) in [4.78, 5) is 0. The maximum absolute atomic E-state index is 6.08. The number of ether oxygens (including phenoxy) is 1. The summed E-state index contributed by atoms with van der Waals surface area (Å²) in [7, 11) is 0. The molecule has 1 aromatic rings. The van der Waals surface area contributed by atoms with E-state index in [0.29, 0.717) is 0 Å². The summed E-state index contributed by atoms with van der Waals surface area (Å²) in [5.41, 5.74) is 0. The SMILES string of the molecule is C1=C(Oc2ccccc2)[C@@H]2C[C@@H]1[C@H]1CCC[C@@H]12. The Bertz CT molecular complexity index is 448. The van der Waals surface area contributed by atoms with Crippen molar-refractivity contribution in [2.45, 2.75) is 25.7 Å². The zero-order valence-corrected chi connectivity index (χ0v) is 10.0. The van der Waals surface area contributed by atoms with Crippen LogP contribution in [-0.4, -0.2) is 0 Å². The Morgan fingerprint density at radius 2 is 1.82 bits per heavy atom. The minimum atomic E-state index is 0.729. The van der Waals surface area contributed by atoms with Crippen LogP contribution in [0.5, 0.6) is 5.75 Å². The Morgan fingerprint density at radius 1 is 1.00 bits per heavy atom. The lowest BCUT2D eigenvalue weighted by atomic mass is 9.85. The van der Waals surface area contributed by atoms with Gasteiger partial charge in [0.2, 0.25) is 0 Å². The molecular formula is C16H18O. The van der Waals surface area contributed by atoms with Gasteiger partial charge in [-0.15, -0.1) is 0 Å². The van der Waals surface area contributed by atoms with E-state index in [2.05, 4.69) is 18.2 Å². The van der Waals surface area contributed by atoms with Gasteiger partial charge in [-0.05, 0) is 55.2 Å². The van der Waals surface area contributed by atoms with Crippen LogP contribution in [0.4, 0.5) is 0 Å². The standard InChI is InChI=1S/C16H18O/c1-2-5-12(6-3-1)17-16-10-11-9-15(16)14-8-4-7-13(11)14/h1-3,5-6,10-11,13-15H,4,7-9H2/t11-,13+,14-,15+/m0/s1. The van der Waals surface area contributed by atoms with Crippen molar-refractivity contribution in [3.8, 4) is 5.75 Å². The van der Waals surface area contributed by atoms with Gasteiger partial charge < -0.3 is 4.74 Å². The molecule has 1 nitrogen and oxygen atoms in total. The summed E-state index contributed by atoms with van der Waals surface area (Å²) in [6.45, 7) is 0. The maximum atomic E-state index is 6.08. The molecule has 4 rings (SSSR count). The Kier molecular flexibility index (Phi) is 2.08. The van der Waals surface area contributed by atoms with Crippen molar-refractivity contribution in [3.05, 3.63) is 42.2 Å². The third-order valence-corrected chi connectivity index (χ3v) is 4.94. The van der Waals surface area contributed by atoms with E-state index in [9.17, 15) is 0 Å². The van der Waals surface area contributed by atoms with Crippen molar-refractivity contribution in [1.82, 2.24) is 0 Å². The molecule has 0 radical (unpaired) electrons.